The van der Waals surface area contributed by atoms with E-state index in [9.17, 15) is 4.79 Å². The Balaban J connectivity index is 1.98. The van der Waals surface area contributed by atoms with E-state index in [0.29, 0.717) is 24.2 Å². The molecule has 0 bridgehead atoms. The highest BCUT2D eigenvalue weighted by Gasteiger charge is 2.32. The molecule has 0 aliphatic heterocycles. The second kappa shape index (κ2) is 5.88. The summed E-state index contributed by atoms with van der Waals surface area (Å²) in [6.45, 7) is 0.462. The molecule has 2 amide bonds. The molecule has 0 unspecified atom stereocenters. The van der Waals surface area contributed by atoms with Crippen LogP contribution in [0.5, 0.6) is 0 Å². The Bertz CT molecular complexity index is 534. The van der Waals surface area contributed by atoms with Crippen LogP contribution in [0.4, 0.5) is 10.5 Å². The summed E-state index contributed by atoms with van der Waals surface area (Å²) in [6.07, 6.45) is 2.36. The van der Waals surface area contributed by atoms with E-state index < -0.39 is 0 Å². The van der Waals surface area contributed by atoms with Crippen molar-refractivity contribution in [2.45, 2.75) is 25.3 Å². The number of nitrogens with zero attached hydrogens (tertiary/aromatic N) is 3. The van der Waals surface area contributed by atoms with Gasteiger partial charge in [-0.05, 0) is 37.1 Å². The second-order valence-corrected chi connectivity index (χ2v) is 4.45. The predicted octanol–water partition coefficient (Wildman–Crippen LogP) is 2.47. The minimum Gasteiger partial charge on any atom is -0.321 e. The van der Waals surface area contributed by atoms with Crippen LogP contribution in [0.3, 0.4) is 0 Å². The molecule has 0 atom stereocenters. The molecule has 0 spiro atoms. The quantitative estimate of drug-likeness (QED) is 0.896. The Morgan fingerprint density at radius 3 is 2.53 bits per heavy atom. The summed E-state index contributed by atoms with van der Waals surface area (Å²) in [6, 6.07) is 10.9. The van der Waals surface area contributed by atoms with Crippen LogP contribution < -0.4 is 5.32 Å². The molecule has 19 heavy (non-hydrogen) atoms. The lowest BCUT2D eigenvalue weighted by Crippen LogP contribution is -2.37. The van der Waals surface area contributed by atoms with Gasteiger partial charge in [0.25, 0.3) is 0 Å². The Hall–Kier alpha value is -2.53. The Kier molecular flexibility index (Phi) is 4.00. The SMILES string of the molecule is N#CCCN(C(=O)Nc1ccc(C#N)cc1)C1CC1. The third-order valence-corrected chi connectivity index (χ3v) is 2.98. The van der Waals surface area contributed by atoms with Gasteiger partial charge in [-0.25, -0.2) is 4.79 Å². The summed E-state index contributed by atoms with van der Waals surface area (Å²) in [5, 5.41) is 20.1. The molecule has 1 aromatic rings. The van der Waals surface area contributed by atoms with Crippen molar-refractivity contribution in [3.8, 4) is 12.1 Å². The maximum absolute atomic E-state index is 12.1. The normalized spacial score (nSPS) is 13.2. The number of carbonyl (C=O) groups excluding carboxylic acids is 1. The number of hydrogen-bond donors (Lipinski definition) is 1. The van der Waals surface area contributed by atoms with Crippen LogP contribution >= 0.6 is 0 Å². The largest absolute Gasteiger partial charge is 0.322 e. The van der Waals surface area contributed by atoms with E-state index in [-0.39, 0.29) is 12.1 Å². The molecule has 0 aromatic heterocycles. The van der Waals surface area contributed by atoms with Crippen LogP contribution in [0.25, 0.3) is 0 Å². The monoisotopic (exact) mass is 254 g/mol. The first-order valence-corrected chi connectivity index (χ1v) is 6.19. The van der Waals surface area contributed by atoms with Gasteiger partial charge in [0.05, 0.1) is 24.1 Å². The highest BCUT2D eigenvalue weighted by molar-refractivity contribution is 5.89. The molecular weight excluding hydrogens is 240 g/mol. The van der Waals surface area contributed by atoms with Crippen molar-refractivity contribution < 1.29 is 4.79 Å². The fourth-order valence-electron chi connectivity index (χ4n) is 1.83. The van der Waals surface area contributed by atoms with Crippen molar-refractivity contribution in [2.24, 2.45) is 0 Å². The lowest BCUT2D eigenvalue weighted by atomic mass is 10.2. The molecular formula is C14H14N4O. The number of amides is 2. The molecule has 5 heteroatoms. The van der Waals surface area contributed by atoms with E-state index >= 15 is 0 Å². The summed E-state index contributed by atoms with van der Waals surface area (Å²) < 4.78 is 0. The van der Waals surface area contributed by atoms with Gasteiger partial charge in [0.15, 0.2) is 0 Å². The molecule has 0 heterocycles. The van der Waals surface area contributed by atoms with E-state index in [0.717, 1.165) is 12.8 Å². The van der Waals surface area contributed by atoms with Gasteiger partial charge in [-0.2, -0.15) is 10.5 Å². The van der Waals surface area contributed by atoms with E-state index in [1.54, 1.807) is 29.2 Å². The van der Waals surface area contributed by atoms with Gasteiger partial charge in [0, 0.05) is 18.3 Å². The van der Waals surface area contributed by atoms with Crippen LogP contribution in [0.15, 0.2) is 24.3 Å². The van der Waals surface area contributed by atoms with Crippen molar-refractivity contribution in [1.29, 1.82) is 10.5 Å². The van der Waals surface area contributed by atoms with Gasteiger partial charge in [-0.1, -0.05) is 0 Å². The average molecular weight is 254 g/mol. The molecule has 1 aliphatic carbocycles. The lowest BCUT2D eigenvalue weighted by Gasteiger charge is -2.21. The van der Waals surface area contributed by atoms with Gasteiger partial charge in [-0.3, -0.25) is 0 Å². The van der Waals surface area contributed by atoms with Gasteiger partial charge in [0.2, 0.25) is 0 Å². The number of hydrogen-bond acceptors (Lipinski definition) is 3. The Morgan fingerprint density at radius 1 is 1.32 bits per heavy atom. The van der Waals surface area contributed by atoms with Crippen molar-refractivity contribution in [2.75, 3.05) is 11.9 Å². The highest BCUT2D eigenvalue weighted by atomic mass is 16.2. The maximum Gasteiger partial charge on any atom is 0.322 e. The summed E-state index contributed by atoms with van der Waals surface area (Å²) in [4.78, 5) is 13.8. The van der Waals surface area contributed by atoms with Gasteiger partial charge in [0.1, 0.15) is 0 Å². The summed E-state index contributed by atoms with van der Waals surface area (Å²) in [7, 11) is 0. The molecule has 1 aliphatic rings. The molecule has 1 saturated carbocycles. The van der Waals surface area contributed by atoms with Crippen molar-refractivity contribution in [1.82, 2.24) is 4.90 Å². The molecule has 1 N–H and O–H groups in total. The third-order valence-electron chi connectivity index (χ3n) is 2.98. The number of nitrogens with one attached hydrogen (secondary N) is 1. The zero-order chi connectivity index (χ0) is 13.7. The second-order valence-electron chi connectivity index (χ2n) is 4.45. The first-order valence-electron chi connectivity index (χ1n) is 6.19. The molecule has 0 saturated heterocycles. The van der Waals surface area contributed by atoms with Gasteiger partial charge in [-0.15, -0.1) is 0 Å². The Labute approximate surface area is 112 Å². The maximum atomic E-state index is 12.1. The smallest absolute Gasteiger partial charge is 0.321 e. The summed E-state index contributed by atoms with van der Waals surface area (Å²) >= 11 is 0. The van der Waals surface area contributed by atoms with Crippen molar-refractivity contribution in [3.05, 3.63) is 29.8 Å². The molecule has 5 nitrogen and oxygen atoms in total. The van der Waals surface area contributed by atoms with E-state index in [1.807, 2.05) is 6.07 Å². The minimum absolute atomic E-state index is 0.178. The Morgan fingerprint density at radius 2 is 2.00 bits per heavy atom. The van der Waals surface area contributed by atoms with E-state index in [4.69, 9.17) is 10.5 Å². The van der Waals surface area contributed by atoms with E-state index in [2.05, 4.69) is 11.4 Å². The van der Waals surface area contributed by atoms with Crippen LogP contribution in [0.2, 0.25) is 0 Å². The van der Waals surface area contributed by atoms with Crippen LogP contribution in [0, 0.1) is 22.7 Å². The zero-order valence-corrected chi connectivity index (χ0v) is 10.5. The molecule has 2 rings (SSSR count). The lowest BCUT2D eigenvalue weighted by molar-refractivity contribution is 0.210. The number of carbonyl (C=O) groups is 1. The van der Waals surface area contributed by atoms with Gasteiger partial charge < -0.3 is 10.2 Å². The molecule has 1 aromatic carbocycles. The zero-order valence-electron chi connectivity index (χ0n) is 10.5. The molecule has 1 fully saturated rings. The van der Waals surface area contributed by atoms with Crippen LogP contribution in [0.1, 0.15) is 24.8 Å². The fraction of sp³-hybridized carbons (Fsp3) is 0.357. The third kappa shape index (κ3) is 3.46. The van der Waals surface area contributed by atoms with Gasteiger partial charge >= 0.3 is 6.03 Å². The summed E-state index contributed by atoms with van der Waals surface area (Å²) in [5.41, 5.74) is 1.22. The van der Waals surface area contributed by atoms with Crippen LogP contribution in [-0.2, 0) is 0 Å². The first-order chi connectivity index (χ1) is 9.24. The average Bonchev–Trinajstić information content (AvgIpc) is 3.25. The number of benzene rings is 1. The number of rotatable bonds is 4. The van der Waals surface area contributed by atoms with Crippen molar-refractivity contribution in [3.63, 3.8) is 0 Å². The number of urea groups is 1. The molecule has 0 radical (unpaired) electrons. The minimum atomic E-state index is -0.178. The first kappa shape index (κ1) is 12.9. The van der Waals surface area contributed by atoms with Crippen molar-refractivity contribution >= 4 is 11.7 Å². The fourth-order valence-corrected chi connectivity index (χ4v) is 1.83. The number of anilines is 1. The predicted molar refractivity (Wildman–Crippen MR) is 70.1 cm³/mol. The summed E-state index contributed by atoms with van der Waals surface area (Å²) in [5.74, 6) is 0. The highest BCUT2D eigenvalue weighted by Crippen LogP contribution is 2.27. The standard InChI is InChI=1S/C14H14N4O/c15-8-1-9-18(13-6-7-13)14(19)17-12-4-2-11(10-16)3-5-12/h2-5,13H,1,6-7,9H2,(H,17,19). The number of nitriles is 2. The molecule has 96 valence electrons. The van der Waals surface area contributed by atoms with E-state index in [1.165, 1.54) is 0 Å². The van der Waals surface area contributed by atoms with Crippen LogP contribution in [-0.4, -0.2) is 23.5 Å². The topological polar surface area (TPSA) is 79.9 Å².